The Bertz CT molecular complexity index is 1580. The van der Waals surface area contributed by atoms with Crippen LogP contribution in [0.5, 0.6) is 5.75 Å². The van der Waals surface area contributed by atoms with E-state index >= 15 is 0 Å². The molecule has 1 fully saturated rings. The van der Waals surface area contributed by atoms with Crippen LogP contribution in [0.25, 0.3) is 11.1 Å². The van der Waals surface area contributed by atoms with Crippen molar-refractivity contribution in [3.8, 4) is 16.9 Å². The van der Waals surface area contributed by atoms with Crippen LogP contribution in [0.15, 0.2) is 51.7 Å². The van der Waals surface area contributed by atoms with Crippen LogP contribution in [-0.4, -0.2) is 99.6 Å². The van der Waals surface area contributed by atoms with Crippen molar-refractivity contribution in [1.29, 1.82) is 0 Å². The molecule has 12 heteroatoms. The van der Waals surface area contributed by atoms with Gasteiger partial charge in [0, 0.05) is 23.1 Å². The van der Waals surface area contributed by atoms with Crippen LogP contribution in [0, 0.1) is 11.8 Å². The summed E-state index contributed by atoms with van der Waals surface area (Å²) < 4.78 is 5.35. The Morgan fingerprint density at radius 2 is 1.88 bits per heavy atom. The third kappa shape index (κ3) is 4.27. The highest BCUT2D eigenvalue weighted by atomic mass is 16.3. The maximum Gasteiger partial charge on any atom is 0.255 e. The Morgan fingerprint density at radius 1 is 1.19 bits per heavy atom. The van der Waals surface area contributed by atoms with Gasteiger partial charge in [0.05, 0.1) is 29.8 Å². The summed E-state index contributed by atoms with van der Waals surface area (Å²) in [6, 6.07) is 2.57. The van der Waals surface area contributed by atoms with Crippen molar-refractivity contribution in [2.45, 2.75) is 43.4 Å². The van der Waals surface area contributed by atoms with Gasteiger partial charge in [-0.2, -0.15) is 0 Å². The number of aliphatic hydroxyl groups excluding tert-OH is 2. The third-order valence-corrected chi connectivity index (χ3v) is 9.63. The number of allylic oxidation sites excluding steroid dienone is 1. The van der Waals surface area contributed by atoms with E-state index in [0.29, 0.717) is 22.4 Å². The monoisotopic (exact) mass is 592 g/mol. The Morgan fingerprint density at radius 3 is 2.49 bits per heavy atom. The molecule has 2 aromatic rings. The lowest BCUT2D eigenvalue weighted by Crippen LogP contribution is -2.63. The quantitative estimate of drug-likeness (QED) is 0.220. The van der Waals surface area contributed by atoms with E-state index in [0.717, 1.165) is 25.9 Å². The first-order chi connectivity index (χ1) is 20.4. The smallest absolute Gasteiger partial charge is 0.255 e. The van der Waals surface area contributed by atoms with Crippen LogP contribution in [0.3, 0.4) is 0 Å². The van der Waals surface area contributed by atoms with Gasteiger partial charge in [0.15, 0.2) is 11.4 Å². The first-order valence-corrected chi connectivity index (χ1v) is 14.4. The second kappa shape index (κ2) is 10.2. The van der Waals surface area contributed by atoms with E-state index in [1.807, 2.05) is 7.05 Å². The highest BCUT2D eigenvalue weighted by Crippen LogP contribution is 2.54. The number of rotatable bonds is 5. The second-order valence-electron chi connectivity index (χ2n) is 12.4. The van der Waals surface area contributed by atoms with E-state index in [2.05, 4.69) is 10.2 Å². The summed E-state index contributed by atoms with van der Waals surface area (Å²) in [7, 11) is 5.24. The number of amides is 1. The maximum atomic E-state index is 14.3. The molecule has 0 saturated carbocycles. The first-order valence-electron chi connectivity index (χ1n) is 14.4. The van der Waals surface area contributed by atoms with Gasteiger partial charge in [-0.1, -0.05) is 0 Å². The van der Waals surface area contributed by atoms with Gasteiger partial charge in [-0.25, -0.2) is 0 Å². The van der Waals surface area contributed by atoms with Crippen molar-refractivity contribution in [2.75, 3.05) is 39.5 Å². The van der Waals surface area contributed by atoms with Gasteiger partial charge in [0.1, 0.15) is 22.8 Å². The van der Waals surface area contributed by atoms with Crippen molar-refractivity contribution >= 4 is 23.2 Å². The number of primary amides is 1. The molecular weight excluding hydrogens is 556 g/mol. The van der Waals surface area contributed by atoms with E-state index < -0.39 is 58.0 Å². The Hall–Kier alpha value is -4.13. The van der Waals surface area contributed by atoms with Crippen LogP contribution >= 0.6 is 0 Å². The topological polar surface area (TPSA) is 190 Å². The van der Waals surface area contributed by atoms with Gasteiger partial charge in [0.2, 0.25) is 5.78 Å². The lowest BCUT2D eigenvalue weighted by molar-refractivity contribution is -0.148. The predicted octanol–water partition coefficient (Wildman–Crippen LogP) is 1.89. The summed E-state index contributed by atoms with van der Waals surface area (Å²) in [5.74, 6) is -6.76. The van der Waals surface area contributed by atoms with Crippen LogP contribution in [-0.2, 0) is 16.0 Å². The SMILES string of the molecule is CN1CCC(Nc2cc(-c3ccoc3)c3c(c2O)C(=O)C2=C(O)C4(O)C(=O)C(C(N)=O)=C(O)C(N(C)C)C4CC2C3)CC1. The van der Waals surface area contributed by atoms with Crippen LogP contribution < -0.4 is 11.1 Å². The van der Waals surface area contributed by atoms with Crippen molar-refractivity contribution in [3.05, 3.63) is 58.5 Å². The number of piperidine rings is 1. The Kier molecular flexibility index (Phi) is 6.90. The lowest BCUT2D eigenvalue weighted by Gasteiger charge is -2.50. The molecule has 7 N–H and O–H groups in total. The van der Waals surface area contributed by atoms with Gasteiger partial charge in [-0.15, -0.1) is 0 Å². The minimum absolute atomic E-state index is 0.0208. The molecule has 0 radical (unpaired) electrons. The van der Waals surface area contributed by atoms with E-state index in [4.69, 9.17) is 10.2 Å². The van der Waals surface area contributed by atoms with Crippen molar-refractivity contribution < 1.29 is 39.2 Å². The molecule has 1 aromatic heterocycles. The summed E-state index contributed by atoms with van der Waals surface area (Å²) in [6.07, 6.45) is 4.95. The highest BCUT2D eigenvalue weighted by molar-refractivity contribution is 6.25. The molecule has 228 valence electrons. The zero-order valence-electron chi connectivity index (χ0n) is 24.3. The number of anilines is 1. The average Bonchev–Trinajstić information content (AvgIpc) is 3.48. The van der Waals surface area contributed by atoms with Crippen LogP contribution in [0.2, 0.25) is 0 Å². The zero-order valence-corrected chi connectivity index (χ0v) is 24.3. The normalized spacial score (nSPS) is 28.2. The molecule has 12 nitrogen and oxygen atoms in total. The standard InChI is InChI=1S/C31H36N4O8/c1-34(2)24-19-11-15-10-18-17(14-6-9-43-13-14)12-20(33-16-4-7-35(3)8-5-16)25(36)22(18)26(37)21(15)28(39)31(19,42)29(40)23(27(24)38)30(32)41/h6,9,12-13,15-16,19,24,33,36,38-39,42H,4-5,7-8,10-11H2,1-3H3,(H2,32,41). The Balaban J connectivity index is 1.51. The number of aromatic hydroxyl groups is 1. The molecule has 0 bridgehead atoms. The minimum atomic E-state index is -2.68. The maximum absolute atomic E-state index is 14.3. The summed E-state index contributed by atoms with van der Waals surface area (Å²) in [5.41, 5.74) is 3.96. The van der Waals surface area contributed by atoms with E-state index in [1.54, 1.807) is 32.5 Å². The predicted molar refractivity (Wildman–Crippen MR) is 156 cm³/mol. The van der Waals surface area contributed by atoms with Crippen molar-refractivity contribution in [1.82, 2.24) is 9.80 Å². The molecule has 1 aliphatic heterocycles. The Labute approximate surface area is 248 Å². The van der Waals surface area contributed by atoms with Crippen molar-refractivity contribution in [2.24, 2.45) is 17.6 Å². The molecule has 1 saturated heterocycles. The molecule has 1 amide bonds. The molecule has 4 aliphatic rings. The summed E-state index contributed by atoms with van der Waals surface area (Å²) in [6.45, 7) is 1.75. The number of likely N-dealkylation sites (tertiary alicyclic amines) is 1. The highest BCUT2D eigenvalue weighted by Gasteiger charge is 2.63. The largest absolute Gasteiger partial charge is 0.510 e. The molecule has 0 spiro atoms. The van der Waals surface area contributed by atoms with Crippen molar-refractivity contribution in [3.63, 3.8) is 0 Å². The number of carbonyl (C=O) groups excluding carboxylic acids is 3. The summed E-state index contributed by atoms with van der Waals surface area (Å²) in [5, 5.41) is 49.4. The third-order valence-electron chi connectivity index (χ3n) is 9.63. The molecule has 4 atom stereocenters. The van der Waals surface area contributed by atoms with Gasteiger partial charge < -0.3 is 40.8 Å². The van der Waals surface area contributed by atoms with E-state index in [9.17, 15) is 34.8 Å². The number of likely N-dealkylation sites (N-methyl/N-ethyl adjacent to an activating group) is 1. The van der Waals surface area contributed by atoms with Gasteiger partial charge in [-0.05, 0) is 89.1 Å². The fourth-order valence-electron chi connectivity index (χ4n) is 7.48. The summed E-state index contributed by atoms with van der Waals surface area (Å²) in [4.78, 5) is 43.8. The molecule has 3 aliphatic carbocycles. The molecule has 4 unspecified atom stereocenters. The molecular formula is C31H36N4O8. The number of aliphatic hydroxyl groups is 3. The number of fused-ring (bicyclic) bond motifs is 3. The molecule has 6 rings (SSSR count). The fraction of sp³-hybridized carbons (Fsp3) is 0.452. The number of ketones is 2. The number of hydrogen-bond acceptors (Lipinski definition) is 11. The number of Topliss-reactive ketones (excluding diaryl/α,β-unsaturated/α-hetero) is 2. The fourth-order valence-corrected chi connectivity index (χ4v) is 7.48. The number of phenolic OH excluding ortho intramolecular Hbond substituents is 1. The van der Waals surface area contributed by atoms with E-state index in [1.165, 1.54) is 11.2 Å². The number of nitrogens with two attached hydrogens (primary N) is 1. The second-order valence-corrected chi connectivity index (χ2v) is 12.4. The number of phenols is 1. The van der Waals surface area contributed by atoms with E-state index in [-0.39, 0.29) is 35.8 Å². The molecule has 1 aromatic carbocycles. The van der Waals surface area contributed by atoms with Gasteiger partial charge in [-0.3, -0.25) is 19.3 Å². The number of furan rings is 1. The zero-order chi connectivity index (χ0) is 31.0. The number of benzene rings is 1. The van der Waals surface area contributed by atoms with Crippen LogP contribution in [0.1, 0.15) is 35.2 Å². The number of nitrogens with one attached hydrogen (secondary N) is 1. The number of hydrogen-bond donors (Lipinski definition) is 6. The average molecular weight is 593 g/mol. The molecule has 2 heterocycles. The number of nitrogens with zero attached hydrogens (tertiary/aromatic N) is 2. The van der Waals surface area contributed by atoms with Crippen LogP contribution in [0.4, 0.5) is 5.69 Å². The first kappa shape index (κ1) is 29.0. The number of carbonyl (C=O) groups is 3. The van der Waals surface area contributed by atoms with Gasteiger partial charge >= 0.3 is 0 Å². The summed E-state index contributed by atoms with van der Waals surface area (Å²) >= 11 is 0. The lowest BCUT2D eigenvalue weighted by atomic mass is 9.58. The molecule has 43 heavy (non-hydrogen) atoms. The minimum Gasteiger partial charge on any atom is -0.510 e. The van der Waals surface area contributed by atoms with Gasteiger partial charge in [0.25, 0.3) is 5.91 Å².